The van der Waals surface area contributed by atoms with Gasteiger partial charge in [0.15, 0.2) is 0 Å². The standard InChI is InChI=1S/C13H23NO2/c1-2-6-13(5-1)12(14-7-10-16-13)11-3-8-15-9-4-11/h11-12,14H,1-10H2. The van der Waals surface area contributed by atoms with Gasteiger partial charge in [-0.15, -0.1) is 0 Å². The van der Waals surface area contributed by atoms with Crippen LogP contribution in [-0.2, 0) is 9.47 Å². The molecular formula is C13H23NO2. The van der Waals surface area contributed by atoms with Crippen LogP contribution in [0.5, 0.6) is 0 Å². The Labute approximate surface area is 97.9 Å². The van der Waals surface area contributed by atoms with Crippen molar-refractivity contribution in [1.82, 2.24) is 5.32 Å². The Morgan fingerprint density at radius 2 is 1.75 bits per heavy atom. The van der Waals surface area contributed by atoms with E-state index in [0.29, 0.717) is 6.04 Å². The summed E-state index contributed by atoms with van der Waals surface area (Å²) in [7, 11) is 0. The first-order valence-electron chi connectivity index (χ1n) is 6.86. The number of ether oxygens (including phenoxy) is 2. The summed E-state index contributed by atoms with van der Waals surface area (Å²) in [6, 6.07) is 0.590. The van der Waals surface area contributed by atoms with E-state index >= 15 is 0 Å². The first-order chi connectivity index (χ1) is 7.91. The minimum atomic E-state index is 0.181. The molecule has 1 unspecified atom stereocenters. The van der Waals surface area contributed by atoms with E-state index in [0.717, 1.165) is 32.3 Å². The molecule has 1 N–H and O–H groups in total. The van der Waals surface area contributed by atoms with E-state index in [1.807, 2.05) is 0 Å². The fourth-order valence-corrected chi connectivity index (χ4v) is 3.82. The van der Waals surface area contributed by atoms with Crippen LogP contribution in [-0.4, -0.2) is 38.0 Å². The second-order valence-corrected chi connectivity index (χ2v) is 5.50. The van der Waals surface area contributed by atoms with E-state index in [1.54, 1.807) is 0 Å². The maximum atomic E-state index is 6.19. The highest BCUT2D eigenvalue weighted by atomic mass is 16.5. The molecule has 1 aliphatic carbocycles. The molecule has 0 radical (unpaired) electrons. The van der Waals surface area contributed by atoms with Gasteiger partial charge in [0.25, 0.3) is 0 Å². The summed E-state index contributed by atoms with van der Waals surface area (Å²) >= 11 is 0. The SMILES string of the molecule is C1CCC2(C1)OCCNC2C1CCOCC1. The number of hydrogen-bond acceptors (Lipinski definition) is 3. The first kappa shape index (κ1) is 11.0. The van der Waals surface area contributed by atoms with Gasteiger partial charge in [-0.25, -0.2) is 0 Å². The quantitative estimate of drug-likeness (QED) is 0.737. The van der Waals surface area contributed by atoms with Gasteiger partial charge in [0.1, 0.15) is 0 Å². The Bertz CT molecular complexity index is 232. The smallest absolute Gasteiger partial charge is 0.0838 e. The lowest BCUT2D eigenvalue weighted by Crippen LogP contribution is -2.60. The predicted molar refractivity (Wildman–Crippen MR) is 62.5 cm³/mol. The van der Waals surface area contributed by atoms with Crippen LogP contribution in [0.15, 0.2) is 0 Å². The lowest BCUT2D eigenvalue weighted by molar-refractivity contribution is -0.116. The fraction of sp³-hybridized carbons (Fsp3) is 1.00. The van der Waals surface area contributed by atoms with E-state index in [-0.39, 0.29) is 5.60 Å². The zero-order valence-electron chi connectivity index (χ0n) is 10.0. The Morgan fingerprint density at radius 1 is 1.00 bits per heavy atom. The second kappa shape index (κ2) is 4.63. The lowest BCUT2D eigenvalue weighted by Gasteiger charge is -2.46. The maximum absolute atomic E-state index is 6.19. The van der Waals surface area contributed by atoms with Crippen molar-refractivity contribution in [2.75, 3.05) is 26.4 Å². The van der Waals surface area contributed by atoms with Gasteiger partial charge in [-0.05, 0) is 31.6 Å². The highest BCUT2D eigenvalue weighted by Gasteiger charge is 2.47. The van der Waals surface area contributed by atoms with Crippen molar-refractivity contribution in [3.8, 4) is 0 Å². The fourth-order valence-electron chi connectivity index (χ4n) is 3.82. The summed E-state index contributed by atoms with van der Waals surface area (Å²) in [6.07, 6.45) is 7.65. The number of morpholine rings is 1. The van der Waals surface area contributed by atoms with Gasteiger partial charge in [0.05, 0.1) is 12.2 Å². The third kappa shape index (κ3) is 1.89. The molecule has 1 atom stereocenters. The molecular weight excluding hydrogens is 202 g/mol. The van der Waals surface area contributed by atoms with E-state index in [1.165, 1.54) is 38.5 Å². The minimum Gasteiger partial charge on any atom is -0.381 e. The van der Waals surface area contributed by atoms with Crippen molar-refractivity contribution < 1.29 is 9.47 Å². The molecule has 2 aliphatic heterocycles. The Morgan fingerprint density at radius 3 is 2.50 bits per heavy atom. The van der Waals surface area contributed by atoms with E-state index in [2.05, 4.69) is 5.32 Å². The topological polar surface area (TPSA) is 30.5 Å². The molecule has 0 aromatic carbocycles. The second-order valence-electron chi connectivity index (χ2n) is 5.50. The van der Waals surface area contributed by atoms with Gasteiger partial charge < -0.3 is 14.8 Å². The van der Waals surface area contributed by atoms with Crippen LogP contribution in [0, 0.1) is 5.92 Å². The lowest BCUT2D eigenvalue weighted by atomic mass is 9.78. The monoisotopic (exact) mass is 225 g/mol. The van der Waals surface area contributed by atoms with Gasteiger partial charge in [-0.2, -0.15) is 0 Å². The van der Waals surface area contributed by atoms with Gasteiger partial charge in [0.2, 0.25) is 0 Å². The number of nitrogens with one attached hydrogen (secondary N) is 1. The molecule has 0 aromatic heterocycles. The van der Waals surface area contributed by atoms with Crippen molar-refractivity contribution in [1.29, 1.82) is 0 Å². The minimum absolute atomic E-state index is 0.181. The van der Waals surface area contributed by atoms with Crippen LogP contribution >= 0.6 is 0 Å². The zero-order valence-corrected chi connectivity index (χ0v) is 10.0. The van der Waals surface area contributed by atoms with Crippen molar-refractivity contribution in [2.45, 2.75) is 50.2 Å². The molecule has 2 saturated heterocycles. The largest absolute Gasteiger partial charge is 0.381 e. The molecule has 0 amide bonds. The third-order valence-electron chi connectivity index (χ3n) is 4.61. The van der Waals surface area contributed by atoms with Gasteiger partial charge in [-0.3, -0.25) is 0 Å². The van der Waals surface area contributed by atoms with Crippen LogP contribution in [0.2, 0.25) is 0 Å². The summed E-state index contributed by atoms with van der Waals surface area (Å²) in [5.41, 5.74) is 0.181. The normalized spacial score (nSPS) is 35.6. The molecule has 3 nitrogen and oxygen atoms in total. The van der Waals surface area contributed by atoms with Crippen molar-refractivity contribution in [2.24, 2.45) is 5.92 Å². The molecule has 3 fully saturated rings. The first-order valence-corrected chi connectivity index (χ1v) is 6.86. The maximum Gasteiger partial charge on any atom is 0.0838 e. The summed E-state index contributed by atoms with van der Waals surface area (Å²) in [4.78, 5) is 0. The van der Waals surface area contributed by atoms with Crippen LogP contribution in [0.3, 0.4) is 0 Å². The summed E-state index contributed by atoms with van der Waals surface area (Å²) < 4.78 is 11.7. The zero-order chi connectivity index (χ0) is 10.8. The highest BCUT2D eigenvalue weighted by Crippen LogP contribution is 2.41. The Hall–Kier alpha value is -0.120. The average Bonchev–Trinajstić information content (AvgIpc) is 2.80. The van der Waals surface area contributed by atoms with E-state index in [4.69, 9.17) is 9.47 Å². The molecule has 0 aromatic rings. The summed E-state index contributed by atoms with van der Waals surface area (Å²) in [6.45, 7) is 3.82. The molecule has 2 heterocycles. The average molecular weight is 225 g/mol. The summed E-state index contributed by atoms with van der Waals surface area (Å²) in [5.74, 6) is 0.771. The number of hydrogen-bond donors (Lipinski definition) is 1. The van der Waals surface area contributed by atoms with Gasteiger partial charge >= 0.3 is 0 Å². The van der Waals surface area contributed by atoms with Gasteiger partial charge in [0, 0.05) is 25.8 Å². The van der Waals surface area contributed by atoms with E-state index in [9.17, 15) is 0 Å². The molecule has 1 spiro atoms. The third-order valence-corrected chi connectivity index (χ3v) is 4.61. The number of rotatable bonds is 1. The van der Waals surface area contributed by atoms with Crippen molar-refractivity contribution in [3.05, 3.63) is 0 Å². The van der Waals surface area contributed by atoms with Crippen LogP contribution in [0.1, 0.15) is 38.5 Å². The predicted octanol–water partition coefficient (Wildman–Crippen LogP) is 1.71. The van der Waals surface area contributed by atoms with E-state index < -0.39 is 0 Å². The molecule has 3 aliphatic rings. The molecule has 92 valence electrons. The molecule has 16 heavy (non-hydrogen) atoms. The van der Waals surface area contributed by atoms with Crippen molar-refractivity contribution in [3.63, 3.8) is 0 Å². The van der Waals surface area contributed by atoms with Crippen LogP contribution in [0.25, 0.3) is 0 Å². The summed E-state index contributed by atoms with van der Waals surface area (Å²) in [5, 5.41) is 3.74. The molecule has 0 bridgehead atoms. The molecule has 3 rings (SSSR count). The molecule has 3 heteroatoms. The highest BCUT2D eigenvalue weighted by molar-refractivity contribution is 5.02. The van der Waals surface area contributed by atoms with Crippen molar-refractivity contribution >= 4 is 0 Å². The van der Waals surface area contributed by atoms with Gasteiger partial charge in [-0.1, -0.05) is 12.8 Å². The van der Waals surface area contributed by atoms with Crippen LogP contribution < -0.4 is 5.32 Å². The Kier molecular flexibility index (Phi) is 3.18. The van der Waals surface area contributed by atoms with Crippen LogP contribution in [0.4, 0.5) is 0 Å². The molecule has 1 saturated carbocycles. The Balaban J connectivity index is 1.74.